The summed E-state index contributed by atoms with van der Waals surface area (Å²) in [7, 11) is 0. The number of hydrogen-bond acceptors (Lipinski definition) is 3. The van der Waals surface area contributed by atoms with Crippen molar-refractivity contribution in [3.8, 4) is 0 Å². The Hall–Kier alpha value is -1.88. The van der Waals surface area contributed by atoms with Crippen LogP contribution in [0.5, 0.6) is 0 Å². The fourth-order valence-electron chi connectivity index (χ4n) is 3.69. The molecule has 0 bridgehead atoms. The standard InChI is InChI=1S/C19H26N4O/c1-2-22-14-16(17-4-3-8-20-18(17)22)7-9-21-10-12-23(13-11-21)19(24)15-5-6-15/h3-4,8,14-15H,2,5-7,9-13H2,1H3. The minimum atomic E-state index is 0.351. The molecule has 1 saturated carbocycles. The van der Waals surface area contributed by atoms with Gasteiger partial charge in [-0.1, -0.05) is 0 Å². The molecule has 0 aromatic carbocycles. The van der Waals surface area contributed by atoms with Crippen LogP contribution in [0.3, 0.4) is 0 Å². The number of hydrogen-bond donors (Lipinski definition) is 0. The second-order valence-electron chi connectivity index (χ2n) is 7.01. The van der Waals surface area contributed by atoms with Crippen LogP contribution in [0.1, 0.15) is 25.3 Å². The second kappa shape index (κ2) is 6.55. The number of amides is 1. The summed E-state index contributed by atoms with van der Waals surface area (Å²) in [6, 6.07) is 4.20. The second-order valence-corrected chi connectivity index (χ2v) is 7.01. The van der Waals surface area contributed by atoms with Crippen molar-refractivity contribution in [1.82, 2.24) is 19.4 Å². The monoisotopic (exact) mass is 326 g/mol. The third-order valence-corrected chi connectivity index (χ3v) is 5.36. The van der Waals surface area contributed by atoms with Crippen molar-refractivity contribution in [2.24, 2.45) is 5.92 Å². The normalized spacial score (nSPS) is 19.1. The molecule has 5 nitrogen and oxygen atoms in total. The molecule has 128 valence electrons. The predicted molar refractivity (Wildman–Crippen MR) is 94.9 cm³/mol. The van der Waals surface area contributed by atoms with Gasteiger partial charge in [0, 0.05) is 63.0 Å². The molecule has 2 fully saturated rings. The Kier molecular flexibility index (Phi) is 4.27. The number of pyridine rings is 1. The van der Waals surface area contributed by atoms with Crippen molar-refractivity contribution in [2.45, 2.75) is 32.7 Å². The minimum absolute atomic E-state index is 0.351. The van der Waals surface area contributed by atoms with Gasteiger partial charge in [0.15, 0.2) is 0 Å². The Morgan fingerprint density at radius 1 is 1.25 bits per heavy atom. The molecule has 2 aromatic heterocycles. The molecule has 0 N–H and O–H groups in total. The number of aromatic nitrogens is 2. The maximum atomic E-state index is 12.1. The van der Waals surface area contributed by atoms with Gasteiger partial charge in [0.05, 0.1) is 0 Å². The van der Waals surface area contributed by atoms with E-state index in [1.54, 1.807) is 0 Å². The SMILES string of the molecule is CCn1cc(CCN2CCN(C(=O)C3CC3)CC2)c2cccnc21. The highest BCUT2D eigenvalue weighted by Gasteiger charge is 2.34. The number of aryl methyl sites for hydroxylation is 1. The lowest BCUT2D eigenvalue weighted by atomic mass is 10.1. The quantitative estimate of drug-likeness (QED) is 0.845. The van der Waals surface area contributed by atoms with Gasteiger partial charge in [-0.05, 0) is 43.9 Å². The van der Waals surface area contributed by atoms with Crippen molar-refractivity contribution in [3.63, 3.8) is 0 Å². The van der Waals surface area contributed by atoms with E-state index in [0.29, 0.717) is 11.8 Å². The first-order chi connectivity index (χ1) is 11.8. The van der Waals surface area contributed by atoms with Crippen LogP contribution in [0.15, 0.2) is 24.5 Å². The maximum absolute atomic E-state index is 12.1. The number of piperazine rings is 1. The summed E-state index contributed by atoms with van der Waals surface area (Å²) in [6.45, 7) is 7.97. The van der Waals surface area contributed by atoms with Crippen molar-refractivity contribution in [2.75, 3.05) is 32.7 Å². The molecule has 0 atom stereocenters. The van der Waals surface area contributed by atoms with Gasteiger partial charge < -0.3 is 9.47 Å². The van der Waals surface area contributed by atoms with E-state index in [0.717, 1.165) is 64.2 Å². The maximum Gasteiger partial charge on any atom is 0.225 e. The Morgan fingerprint density at radius 3 is 2.75 bits per heavy atom. The molecular weight excluding hydrogens is 300 g/mol. The van der Waals surface area contributed by atoms with Crippen molar-refractivity contribution < 1.29 is 4.79 Å². The van der Waals surface area contributed by atoms with E-state index >= 15 is 0 Å². The molecule has 4 rings (SSSR count). The molecule has 1 amide bonds. The van der Waals surface area contributed by atoms with Gasteiger partial charge in [-0.15, -0.1) is 0 Å². The zero-order chi connectivity index (χ0) is 16.5. The number of nitrogens with zero attached hydrogens (tertiary/aromatic N) is 4. The fourth-order valence-corrected chi connectivity index (χ4v) is 3.69. The molecule has 24 heavy (non-hydrogen) atoms. The first kappa shape index (κ1) is 15.6. The largest absolute Gasteiger partial charge is 0.340 e. The lowest BCUT2D eigenvalue weighted by molar-refractivity contribution is -0.134. The van der Waals surface area contributed by atoms with E-state index in [9.17, 15) is 4.79 Å². The van der Waals surface area contributed by atoms with Crippen LogP contribution in [-0.4, -0.2) is 58.0 Å². The molecule has 3 heterocycles. The molecule has 5 heteroatoms. The fraction of sp³-hybridized carbons (Fsp3) is 0.579. The van der Waals surface area contributed by atoms with Crippen LogP contribution < -0.4 is 0 Å². The number of carbonyl (C=O) groups is 1. The van der Waals surface area contributed by atoms with Crippen molar-refractivity contribution in [3.05, 3.63) is 30.1 Å². The van der Waals surface area contributed by atoms with Crippen molar-refractivity contribution >= 4 is 16.9 Å². The zero-order valence-electron chi connectivity index (χ0n) is 14.4. The van der Waals surface area contributed by atoms with E-state index in [4.69, 9.17) is 0 Å². The minimum Gasteiger partial charge on any atom is -0.340 e. The molecule has 0 spiro atoms. The first-order valence-electron chi connectivity index (χ1n) is 9.20. The molecule has 1 aliphatic carbocycles. The predicted octanol–water partition coefficient (Wildman–Crippen LogP) is 2.15. The van der Waals surface area contributed by atoms with Crippen LogP contribution in [0.4, 0.5) is 0 Å². The Labute approximate surface area is 143 Å². The van der Waals surface area contributed by atoms with E-state index < -0.39 is 0 Å². The summed E-state index contributed by atoms with van der Waals surface area (Å²) in [5, 5.41) is 1.28. The molecule has 0 unspecified atom stereocenters. The zero-order valence-corrected chi connectivity index (χ0v) is 14.4. The van der Waals surface area contributed by atoms with Crippen LogP contribution in [0, 0.1) is 5.92 Å². The van der Waals surface area contributed by atoms with E-state index in [1.165, 1.54) is 10.9 Å². The van der Waals surface area contributed by atoms with Gasteiger partial charge in [0.25, 0.3) is 0 Å². The molecule has 1 saturated heterocycles. The van der Waals surface area contributed by atoms with Gasteiger partial charge in [0.2, 0.25) is 5.91 Å². The topological polar surface area (TPSA) is 41.4 Å². The third-order valence-electron chi connectivity index (χ3n) is 5.36. The van der Waals surface area contributed by atoms with Crippen LogP contribution in [0.2, 0.25) is 0 Å². The summed E-state index contributed by atoms with van der Waals surface area (Å²) in [6.07, 6.45) is 7.38. The number of carbonyl (C=O) groups excluding carboxylic acids is 1. The van der Waals surface area contributed by atoms with Crippen LogP contribution >= 0.6 is 0 Å². The summed E-state index contributed by atoms with van der Waals surface area (Å²) in [4.78, 5) is 21.2. The lowest BCUT2D eigenvalue weighted by Gasteiger charge is -2.34. The first-order valence-corrected chi connectivity index (χ1v) is 9.20. The number of rotatable bonds is 5. The highest BCUT2D eigenvalue weighted by atomic mass is 16.2. The van der Waals surface area contributed by atoms with E-state index in [-0.39, 0.29) is 0 Å². The Morgan fingerprint density at radius 2 is 2.04 bits per heavy atom. The van der Waals surface area contributed by atoms with Gasteiger partial charge in [-0.3, -0.25) is 9.69 Å². The average Bonchev–Trinajstić information content (AvgIpc) is 3.42. The van der Waals surface area contributed by atoms with Gasteiger partial charge in [-0.2, -0.15) is 0 Å². The summed E-state index contributed by atoms with van der Waals surface area (Å²) >= 11 is 0. The smallest absolute Gasteiger partial charge is 0.225 e. The third kappa shape index (κ3) is 3.05. The highest BCUT2D eigenvalue weighted by Crippen LogP contribution is 2.31. The number of fused-ring (bicyclic) bond motifs is 1. The lowest BCUT2D eigenvalue weighted by Crippen LogP contribution is -2.49. The van der Waals surface area contributed by atoms with Gasteiger partial charge in [0.1, 0.15) is 5.65 Å². The molecule has 2 aliphatic rings. The van der Waals surface area contributed by atoms with Crippen molar-refractivity contribution in [1.29, 1.82) is 0 Å². The van der Waals surface area contributed by atoms with Crippen LogP contribution in [0.25, 0.3) is 11.0 Å². The Bertz CT molecular complexity index is 726. The molecule has 0 radical (unpaired) electrons. The van der Waals surface area contributed by atoms with E-state index in [2.05, 4.69) is 38.5 Å². The summed E-state index contributed by atoms with van der Waals surface area (Å²) in [5.74, 6) is 0.746. The van der Waals surface area contributed by atoms with Gasteiger partial charge in [-0.25, -0.2) is 4.98 Å². The average molecular weight is 326 g/mol. The summed E-state index contributed by atoms with van der Waals surface area (Å²) in [5.41, 5.74) is 2.48. The Balaban J connectivity index is 1.35. The van der Waals surface area contributed by atoms with Crippen LogP contribution in [-0.2, 0) is 17.8 Å². The molecule has 2 aromatic rings. The highest BCUT2D eigenvalue weighted by molar-refractivity contribution is 5.81. The van der Waals surface area contributed by atoms with E-state index in [1.807, 2.05) is 12.3 Å². The molecule has 1 aliphatic heterocycles. The van der Waals surface area contributed by atoms with Gasteiger partial charge >= 0.3 is 0 Å². The summed E-state index contributed by atoms with van der Waals surface area (Å²) < 4.78 is 2.23. The molecular formula is C19H26N4O.